The first kappa shape index (κ1) is 8.08. The Morgan fingerprint density at radius 3 is 3.00 bits per heavy atom. The molecule has 0 spiro atoms. The fourth-order valence-corrected chi connectivity index (χ4v) is 1.95. The summed E-state index contributed by atoms with van der Waals surface area (Å²) < 4.78 is 6.18. The van der Waals surface area contributed by atoms with Gasteiger partial charge in [0.15, 0.2) is 11.5 Å². The molecule has 1 aromatic heterocycles. The Hall–Kier alpha value is -0.540. The van der Waals surface area contributed by atoms with Crippen LogP contribution in [0.25, 0.3) is 11.1 Å². The summed E-state index contributed by atoms with van der Waals surface area (Å²) in [7, 11) is 0. The highest BCUT2D eigenvalue weighted by atomic mass is 79.9. The molecule has 0 aliphatic rings. The molecule has 62 valence electrons. The maximum Gasteiger partial charge on any atom is 0.192 e. The Kier molecular flexibility index (Phi) is 1.85. The van der Waals surface area contributed by atoms with Crippen LogP contribution in [0.2, 0.25) is 5.02 Å². The Morgan fingerprint density at radius 2 is 2.25 bits per heavy atom. The second-order valence-corrected chi connectivity index (χ2v) is 3.76. The molecule has 0 atom stereocenters. The lowest BCUT2D eigenvalue weighted by molar-refractivity contribution is 0.559. The van der Waals surface area contributed by atoms with Crippen LogP contribution in [0.3, 0.4) is 0 Å². The molecule has 0 aliphatic heterocycles. The monoisotopic (exact) mass is 245 g/mol. The highest BCUT2D eigenvalue weighted by Crippen LogP contribution is 2.28. The van der Waals surface area contributed by atoms with Gasteiger partial charge in [-0.3, -0.25) is 0 Å². The normalized spacial score (nSPS) is 10.9. The highest BCUT2D eigenvalue weighted by Gasteiger charge is 2.06. The summed E-state index contributed by atoms with van der Waals surface area (Å²) in [5.41, 5.74) is 1.53. The van der Waals surface area contributed by atoms with Crippen molar-refractivity contribution < 1.29 is 4.42 Å². The molecule has 0 amide bonds. The largest absolute Gasteiger partial charge is 0.440 e. The van der Waals surface area contributed by atoms with Crippen molar-refractivity contribution in [2.75, 3.05) is 0 Å². The molecule has 0 bridgehead atoms. The first-order valence-corrected chi connectivity index (χ1v) is 4.56. The lowest BCUT2D eigenvalue weighted by Gasteiger charge is -1.91. The minimum atomic E-state index is 0.646. The smallest absolute Gasteiger partial charge is 0.192 e. The summed E-state index contributed by atoms with van der Waals surface area (Å²) in [4.78, 5) is 4.15. The van der Waals surface area contributed by atoms with E-state index in [1.54, 1.807) is 19.1 Å². The molecule has 2 aromatic rings. The summed E-state index contributed by atoms with van der Waals surface area (Å²) >= 11 is 9.16. The van der Waals surface area contributed by atoms with Crippen LogP contribution in [0, 0.1) is 6.92 Å². The van der Waals surface area contributed by atoms with Crippen molar-refractivity contribution in [1.29, 1.82) is 0 Å². The molecule has 2 nitrogen and oxygen atoms in total. The van der Waals surface area contributed by atoms with Crippen molar-refractivity contribution in [2.24, 2.45) is 0 Å². The number of halogens is 2. The quantitative estimate of drug-likeness (QED) is 0.710. The van der Waals surface area contributed by atoms with E-state index < -0.39 is 0 Å². The topological polar surface area (TPSA) is 26.0 Å². The van der Waals surface area contributed by atoms with Gasteiger partial charge >= 0.3 is 0 Å². The Morgan fingerprint density at radius 1 is 1.50 bits per heavy atom. The standard InChI is InChI=1S/C8H5BrClNO/c1-4-11-7-3-5(10)2-6(9)8(7)12-4/h2-3H,1H3. The molecular formula is C8H5BrClNO. The molecule has 0 N–H and O–H groups in total. The molecule has 0 radical (unpaired) electrons. The van der Waals surface area contributed by atoms with Gasteiger partial charge in [-0.15, -0.1) is 0 Å². The molecule has 2 rings (SSSR count). The van der Waals surface area contributed by atoms with E-state index in [2.05, 4.69) is 20.9 Å². The molecule has 4 heteroatoms. The number of oxazole rings is 1. The van der Waals surface area contributed by atoms with Crippen LogP contribution in [0.15, 0.2) is 21.0 Å². The van der Waals surface area contributed by atoms with Crippen LogP contribution in [-0.2, 0) is 0 Å². The van der Waals surface area contributed by atoms with Crippen molar-refractivity contribution in [3.63, 3.8) is 0 Å². The SMILES string of the molecule is Cc1nc2cc(Cl)cc(Br)c2o1. The summed E-state index contributed by atoms with van der Waals surface area (Å²) in [6.45, 7) is 1.81. The van der Waals surface area contributed by atoms with Crippen molar-refractivity contribution in [3.8, 4) is 0 Å². The Balaban J connectivity index is 2.88. The van der Waals surface area contributed by atoms with E-state index in [-0.39, 0.29) is 0 Å². The molecule has 1 aromatic carbocycles. The fraction of sp³-hybridized carbons (Fsp3) is 0.125. The van der Waals surface area contributed by atoms with Gasteiger partial charge in [0.05, 0.1) is 4.47 Å². The molecule has 0 saturated heterocycles. The van der Waals surface area contributed by atoms with Gasteiger partial charge in [0.1, 0.15) is 5.52 Å². The molecule has 0 unspecified atom stereocenters. The highest BCUT2D eigenvalue weighted by molar-refractivity contribution is 9.10. The van der Waals surface area contributed by atoms with Crippen LogP contribution in [0.1, 0.15) is 5.89 Å². The van der Waals surface area contributed by atoms with E-state index >= 15 is 0 Å². The minimum Gasteiger partial charge on any atom is -0.440 e. The molecule has 1 heterocycles. The predicted molar refractivity (Wildman–Crippen MR) is 51.5 cm³/mol. The van der Waals surface area contributed by atoms with Gasteiger partial charge in [-0.25, -0.2) is 4.98 Å². The third kappa shape index (κ3) is 1.23. The lowest BCUT2D eigenvalue weighted by atomic mass is 10.3. The maximum atomic E-state index is 5.82. The van der Waals surface area contributed by atoms with Crippen LogP contribution in [0.5, 0.6) is 0 Å². The van der Waals surface area contributed by atoms with Crippen molar-refractivity contribution >= 4 is 38.6 Å². The van der Waals surface area contributed by atoms with Gasteiger partial charge < -0.3 is 4.42 Å². The average molecular weight is 246 g/mol. The van der Waals surface area contributed by atoms with Gasteiger partial charge in [-0.05, 0) is 28.1 Å². The summed E-state index contributed by atoms with van der Waals surface area (Å²) in [5, 5.41) is 0.655. The van der Waals surface area contributed by atoms with Crippen LogP contribution < -0.4 is 0 Å². The third-order valence-corrected chi connectivity index (χ3v) is 2.32. The fourth-order valence-electron chi connectivity index (χ4n) is 1.07. The first-order chi connectivity index (χ1) is 5.66. The molecular weight excluding hydrogens is 241 g/mol. The van der Waals surface area contributed by atoms with E-state index in [9.17, 15) is 0 Å². The van der Waals surface area contributed by atoms with Gasteiger partial charge in [0.25, 0.3) is 0 Å². The van der Waals surface area contributed by atoms with Crippen molar-refractivity contribution in [3.05, 3.63) is 27.5 Å². The zero-order chi connectivity index (χ0) is 8.72. The van der Waals surface area contributed by atoms with Crippen molar-refractivity contribution in [2.45, 2.75) is 6.92 Å². The number of fused-ring (bicyclic) bond motifs is 1. The van der Waals surface area contributed by atoms with E-state index in [1.807, 2.05) is 0 Å². The van der Waals surface area contributed by atoms with Gasteiger partial charge in [-0.1, -0.05) is 11.6 Å². The van der Waals surface area contributed by atoms with Gasteiger partial charge in [0, 0.05) is 11.9 Å². The average Bonchev–Trinajstić information content (AvgIpc) is 2.29. The second kappa shape index (κ2) is 2.75. The number of rotatable bonds is 0. The molecule has 12 heavy (non-hydrogen) atoms. The van der Waals surface area contributed by atoms with Crippen LogP contribution in [-0.4, -0.2) is 4.98 Å². The maximum absolute atomic E-state index is 5.82. The molecule has 0 fully saturated rings. The Bertz CT molecular complexity index is 438. The third-order valence-electron chi connectivity index (χ3n) is 1.52. The van der Waals surface area contributed by atoms with E-state index in [1.165, 1.54) is 0 Å². The van der Waals surface area contributed by atoms with Gasteiger partial charge in [0.2, 0.25) is 0 Å². The zero-order valence-electron chi connectivity index (χ0n) is 6.27. The number of hydrogen-bond donors (Lipinski definition) is 0. The minimum absolute atomic E-state index is 0.646. The summed E-state index contributed by atoms with van der Waals surface area (Å²) in [6.07, 6.45) is 0. The van der Waals surface area contributed by atoms with E-state index in [4.69, 9.17) is 16.0 Å². The Labute approximate surface area is 82.7 Å². The van der Waals surface area contributed by atoms with Crippen molar-refractivity contribution in [1.82, 2.24) is 4.98 Å². The number of benzene rings is 1. The van der Waals surface area contributed by atoms with E-state index in [0.717, 1.165) is 15.6 Å². The summed E-state index contributed by atoms with van der Waals surface area (Å²) in [6, 6.07) is 3.56. The first-order valence-electron chi connectivity index (χ1n) is 3.39. The number of aryl methyl sites for hydroxylation is 1. The second-order valence-electron chi connectivity index (χ2n) is 2.47. The van der Waals surface area contributed by atoms with E-state index in [0.29, 0.717) is 10.9 Å². The lowest BCUT2D eigenvalue weighted by Crippen LogP contribution is -1.70. The van der Waals surface area contributed by atoms with Gasteiger partial charge in [-0.2, -0.15) is 0 Å². The number of hydrogen-bond acceptors (Lipinski definition) is 2. The summed E-state index contributed by atoms with van der Waals surface area (Å²) in [5.74, 6) is 0.646. The zero-order valence-corrected chi connectivity index (χ0v) is 8.61. The number of nitrogens with zero attached hydrogens (tertiary/aromatic N) is 1. The van der Waals surface area contributed by atoms with Crippen LogP contribution in [0.4, 0.5) is 0 Å². The predicted octanol–water partition coefficient (Wildman–Crippen LogP) is 3.55. The molecule has 0 aliphatic carbocycles. The molecule has 0 saturated carbocycles. The number of aromatic nitrogens is 1. The van der Waals surface area contributed by atoms with Crippen LogP contribution >= 0.6 is 27.5 Å².